The molecule has 0 N–H and O–H groups in total. The van der Waals surface area contributed by atoms with E-state index in [-0.39, 0.29) is 17.7 Å². The van der Waals surface area contributed by atoms with Crippen molar-refractivity contribution in [3.63, 3.8) is 0 Å². The summed E-state index contributed by atoms with van der Waals surface area (Å²) in [6.45, 7) is 5.55. The Bertz CT molecular complexity index is 523. The van der Waals surface area contributed by atoms with Crippen LogP contribution in [0.4, 0.5) is 0 Å². The van der Waals surface area contributed by atoms with Gasteiger partial charge in [-0.2, -0.15) is 0 Å². The van der Waals surface area contributed by atoms with Gasteiger partial charge in [-0.15, -0.1) is 6.42 Å². The monoisotopic (exact) mass is 276 g/mol. The molecule has 0 radical (unpaired) electrons. The molecule has 0 amide bonds. The van der Waals surface area contributed by atoms with Gasteiger partial charge in [0.1, 0.15) is 0 Å². The van der Waals surface area contributed by atoms with Crippen molar-refractivity contribution in [2.24, 2.45) is 0 Å². The zero-order valence-corrected chi connectivity index (χ0v) is 12.2. The largest absolute Gasteiger partial charge is 0.516 e. The van der Waals surface area contributed by atoms with Gasteiger partial charge in [-0.3, -0.25) is 0 Å². The summed E-state index contributed by atoms with van der Waals surface area (Å²) in [5.74, 6) is 1.07. The van der Waals surface area contributed by atoms with Crippen molar-refractivity contribution in [1.29, 1.82) is 0 Å². The summed E-state index contributed by atoms with van der Waals surface area (Å²) < 4.78 is 10.2. The van der Waals surface area contributed by atoms with Crippen molar-refractivity contribution >= 4 is 20.3 Å². The van der Waals surface area contributed by atoms with E-state index >= 15 is 0 Å². The van der Waals surface area contributed by atoms with E-state index < -0.39 is 20.3 Å². The van der Waals surface area contributed by atoms with E-state index in [0.717, 1.165) is 0 Å². The van der Waals surface area contributed by atoms with Gasteiger partial charge in [0.15, 0.2) is 6.61 Å². The quantitative estimate of drug-likeness (QED) is 0.481. The second kappa shape index (κ2) is 6.21. The molecule has 100 valence electrons. The number of hydrogen-bond acceptors (Lipinski definition) is 4. The minimum Gasteiger partial charge on any atom is -0.516 e. The van der Waals surface area contributed by atoms with Crippen LogP contribution >= 0.6 is 0 Å². The van der Waals surface area contributed by atoms with Crippen LogP contribution in [-0.2, 0) is 9.16 Å². The minimum absolute atomic E-state index is 0.129. The molecular formula is C14H16O4Si. The van der Waals surface area contributed by atoms with Crippen molar-refractivity contribution < 1.29 is 18.8 Å². The van der Waals surface area contributed by atoms with Gasteiger partial charge in [0.05, 0.1) is 11.1 Å². The maximum absolute atomic E-state index is 12.0. The molecule has 1 rings (SSSR count). The third kappa shape index (κ3) is 4.60. The predicted octanol–water partition coefficient (Wildman–Crippen LogP) is 2.47. The number of hydrogen-bond donors (Lipinski definition) is 0. The highest BCUT2D eigenvalue weighted by molar-refractivity contribution is 6.71. The standard InChI is InChI=1S/C14H16O4Si/c1-5-10-17-13(15)11-8-6-7-9-12(11)14(16)18-19(2,3)4/h1,6-9H,10H2,2-4H3. The average molecular weight is 276 g/mol. The summed E-state index contributed by atoms with van der Waals surface area (Å²) in [5, 5.41) is 0. The molecule has 19 heavy (non-hydrogen) atoms. The van der Waals surface area contributed by atoms with Gasteiger partial charge in [-0.25, -0.2) is 9.59 Å². The lowest BCUT2D eigenvalue weighted by atomic mass is 10.1. The van der Waals surface area contributed by atoms with Crippen LogP contribution in [0.1, 0.15) is 20.7 Å². The van der Waals surface area contributed by atoms with Gasteiger partial charge in [-0.1, -0.05) is 18.1 Å². The van der Waals surface area contributed by atoms with E-state index in [4.69, 9.17) is 15.6 Å². The molecule has 0 atom stereocenters. The molecule has 0 bridgehead atoms. The molecule has 0 unspecified atom stereocenters. The number of carbonyl (C=O) groups is 2. The molecule has 0 aliphatic heterocycles. The van der Waals surface area contributed by atoms with Gasteiger partial charge >= 0.3 is 11.9 Å². The normalized spacial score (nSPS) is 10.4. The smallest absolute Gasteiger partial charge is 0.339 e. The molecular weight excluding hydrogens is 260 g/mol. The van der Waals surface area contributed by atoms with Crippen molar-refractivity contribution in [1.82, 2.24) is 0 Å². The van der Waals surface area contributed by atoms with Crippen molar-refractivity contribution in [2.45, 2.75) is 19.6 Å². The first-order chi connectivity index (χ1) is 8.85. The third-order valence-corrected chi connectivity index (χ3v) is 2.85. The molecule has 0 aromatic heterocycles. The summed E-state index contributed by atoms with van der Waals surface area (Å²) in [4.78, 5) is 23.8. The van der Waals surface area contributed by atoms with Crippen LogP contribution in [0.2, 0.25) is 19.6 Å². The zero-order chi connectivity index (χ0) is 14.5. The Morgan fingerprint density at radius 1 is 1.16 bits per heavy atom. The molecule has 0 aliphatic carbocycles. The number of esters is 1. The summed E-state index contributed by atoms with van der Waals surface area (Å²) in [6, 6.07) is 6.37. The average Bonchev–Trinajstić information content (AvgIpc) is 2.34. The van der Waals surface area contributed by atoms with Gasteiger partial charge < -0.3 is 9.16 Å². The van der Waals surface area contributed by atoms with E-state index in [0.29, 0.717) is 0 Å². The number of benzene rings is 1. The predicted molar refractivity (Wildman–Crippen MR) is 74.3 cm³/mol. The van der Waals surface area contributed by atoms with Gasteiger partial charge in [-0.05, 0) is 31.8 Å². The van der Waals surface area contributed by atoms with Crippen LogP contribution < -0.4 is 0 Å². The highest BCUT2D eigenvalue weighted by atomic mass is 28.4. The van der Waals surface area contributed by atoms with Gasteiger partial charge in [0, 0.05) is 0 Å². The van der Waals surface area contributed by atoms with E-state index in [9.17, 15) is 9.59 Å². The highest BCUT2D eigenvalue weighted by Gasteiger charge is 2.24. The van der Waals surface area contributed by atoms with Gasteiger partial charge in [0.25, 0.3) is 0 Å². The Morgan fingerprint density at radius 3 is 2.16 bits per heavy atom. The first kappa shape index (κ1) is 15.0. The molecule has 1 aromatic carbocycles. The maximum Gasteiger partial charge on any atom is 0.339 e. The maximum atomic E-state index is 12.0. The fraction of sp³-hybridized carbons (Fsp3) is 0.286. The Hall–Kier alpha value is -2.06. The van der Waals surface area contributed by atoms with Crippen molar-refractivity contribution in [3.8, 4) is 12.3 Å². The van der Waals surface area contributed by atoms with Crippen LogP contribution in [0.15, 0.2) is 24.3 Å². The Labute approximate surface area is 113 Å². The second-order valence-corrected chi connectivity index (χ2v) is 9.26. The van der Waals surface area contributed by atoms with E-state index in [1.165, 1.54) is 12.1 Å². The molecule has 0 aliphatic rings. The van der Waals surface area contributed by atoms with Crippen LogP contribution in [0.5, 0.6) is 0 Å². The molecule has 0 spiro atoms. The Kier molecular flexibility index (Phi) is 4.90. The zero-order valence-electron chi connectivity index (χ0n) is 11.2. The van der Waals surface area contributed by atoms with Crippen molar-refractivity contribution in [3.05, 3.63) is 35.4 Å². The molecule has 5 heteroatoms. The van der Waals surface area contributed by atoms with Gasteiger partial charge in [0.2, 0.25) is 8.32 Å². The summed E-state index contributed by atoms with van der Waals surface area (Å²) in [7, 11) is -2.02. The number of terminal acetylenes is 1. The fourth-order valence-corrected chi connectivity index (χ4v) is 2.02. The van der Waals surface area contributed by atoms with Crippen LogP contribution in [0.25, 0.3) is 0 Å². The molecule has 0 fully saturated rings. The first-order valence-electron chi connectivity index (χ1n) is 5.78. The first-order valence-corrected chi connectivity index (χ1v) is 9.19. The molecule has 0 heterocycles. The third-order valence-electron chi connectivity index (χ3n) is 2.05. The molecule has 4 nitrogen and oxygen atoms in total. The van der Waals surface area contributed by atoms with Crippen LogP contribution in [0, 0.1) is 12.3 Å². The minimum atomic E-state index is -2.02. The highest BCUT2D eigenvalue weighted by Crippen LogP contribution is 2.15. The number of rotatable bonds is 4. The summed E-state index contributed by atoms with van der Waals surface area (Å²) in [5.41, 5.74) is 0.368. The van der Waals surface area contributed by atoms with E-state index in [1.54, 1.807) is 12.1 Å². The second-order valence-electron chi connectivity index (χ2n) is 4.83. The molecule has 0 saturated heterocycles. The van der Waals surface area contributed by atoms with Crippen molar-refractivity contribution in [2.75, 3.05) is 6.61 Å². The topological polar surface area (TPSA) is 52.6 Å². The fourth-order valence-electron chi connectivity index (χ4n) is 1.36. The lowest BCUT2D eigenvalue weighted by molar-refractivity contribution is 0.0545. The lowest BCUT2D eigenvalue weighted by Crippen LogP contribution is -2.30. The molecule has 1 aromatic rings. The number of carbonyl (C=O) groups excluding carboxylic acids is 2. The summed E-state index contributed by atoms with van der Waals surface area (Å²) in [6.07, 6.45) is 5.02. The Balaban J connectivity index is 2.99. The SMILES string of the molecule is C#CCOC(=O)c1ccccc1C(=O)O[Si](C)(C)C. The van der Waals surface area contributed by atoms with E-state index in [1.807, 2.05) is 19.6 Å². The van der Waals surface area contributed by atoms with Crippen LogP contribution in [0.3, 0.4) is 0 Å². The number of ether oxygens (including phenoxy) is 1. The summed E-state index contributed by atoms with van der Waals surface area (Å²) >= 11 is 0. The van der Waals surface area contributed by atoms with E-state index in [2.05, 4.69) is 5.92 Å². The molecule has 0 saturated carbocycles. The Morgan fingerprint density at radius 2 is 1.68 bits per heavy atom. The lowest BCUT2D eigenvalue weighted by Gasteiger charge is -2.18. The van der Waals surface area contributed by atoms with Crippen LogP contribution in [-0.4, -0.2) is 26.9 Å².